The SMILES string of the molecule is N=NC1C=Cc2c(cccc2S(=O)(=O)O)C1=O. The molecule has 2 N–H and O–H groups in total. The lowest BCUT2D eigenvalue weighted by atomic mass is 9.93. The summed E-state index contributed by atoms with van der Waals surface area (Å²) in [7, 11) is -4.37. The first kappa shape index (κ1) is 11.6. The fourth-order valence-electron chi connectivity index (χ4n) is 1.69. The van der Waals surface area contributed by atoms with Gasteiger partial charge in [0.05, 0.1) is 0 Å². The highest BCUT2D eigenvalue weighted by Gasteiger charge is 2.27. The summed E-state index contributed by atoms with van der Waals surface area (Å²) in [5.74, 6) is -0.456. The van der Waals surface area contributed by atoms with Crippen LogP contribution in [0.3, 0.4) is 0 Å². The molecule has 7 heteroatoms. The van der Waals surface area contributed by atoms with Crippen molar-refractivity contribution in [3.05, 3.63) is 35.4 Å². The van der Waals surface area contributed by atoms with Gasteiger partial charge in [0.15, 0.2) is 11.8 Å². The lowest BCUT2D eigenvalue weighted by Crippen LogP contribution is -2.21. The fourth-order valence-corrected chi connectivity index (χ4v) is 2.40. The molecule has 1 aliphatic carbocycles. The van der Waals surface area contributed by atoms with E-state index in [9.17, 15) is 13.2 Å². The van der Waals surface area contributed by atoms with Gasteiger partial charge in [-0.2, -0.15) is 13.5 Å². The molecule has 0 aromatic heterocycles. The van der Waals surface area contributed by atoms with E-state index in [4.69, 9.17) is 10.1 Å². The average molecular weight is 252 g/mol. The Morgan fingerprint density at radius 2 is 2.06 bits per heavy atom. The van der Waals surface area contributed by atoms with Crippen molar-refractivity contribution in [3.8, 4) is 0 Å². The molecule has 1 unspecified atom stereocenters. The van der Waals surface area contributed by atoms with Gasteiger partial charge in [-0.1, -0.05) is 18.2 Å². The molecule has 0 bridgehead atoms. The van der Waals surface area contributed by atoms with Crippen LogP contribution in [0.5, 0.6) is 0 Å². The summed E-state index contributed by atoms with van der Waals surface area (Å²) in [6.45, 7) is 0. The Morgan fingerprint density at radius 1 is 1.35 bits per heavy atom. The van der Waals surface area contributed by atoms with Gasteiger partial charge in [-0.15, -0.1) is 0 Å². The highest BCUT2D eigenvalue weighted by atomic mass is 32.2. The van der Waals surface area contributed by atoms with Crippen LogP contribution >= 0.6 is 0 Å². The van der Waals surface area contributed by atoms with Gasteiger partial charge in [0.25, 0.3) is 10.1 Å². The molecule has 0 spiro atoms. The van der Waals surface area contributed by atoms with Crippen LogP contribution < -0.4 is 0 Å². The first-order chi connectivity index (χ1) is 7.95. The molecule has 88 valence electrons. The molecule has 6 nitrogen and oxygen atoms in total. The number of carbonyl (C=O) groups is 1. The largest absolute Gasteiger partial charge is 0.295 e. The Hall–Kier alpha value is -1.86. The molecule has 0 saturated heterocycles. The number of fused-ring (bicyclic) bond motifs is 1. The van der Waals surface area contributed by atoms with Crippen LogP contribution in [0.4, 0.5) is 0 Å². The number of Topliss-reactive ketones (excluding diaryl/α,β-unsaturated/α-hetero) is 1. The Kier molecular flexibility index (Phi) is 2.64. The first-order valence-electron chi connectivity index (χ1n) is 4.64. The Labute approximate surface area is 97.2 Å². The third kappa shape index (κ3) is 1.90. The summed E-state index contributed by atoms with van der Waals surface area (Å²) >= 11 is 0. The predicted molar refractivity (Wildman–Crippen MR) is 58.6 cm³/mol. The molecule has 1 aromatic carbocycles. The lowest BCUT2D eigenvalue weighted by Gasteiger charge is -2.15. The number of ketones is 1. The molecule has 0 amide bonds. The Bertz CT molecular complexity index is 634. The van der Waals surface area contributed by atoms with Crippen LogP contribution in [-0.2, 0) is 10.1 Å². The maximum atomic E-state index is 11.8. The van der Waals surface area contributed by atoms with Gasteiger partial charge in [0.1, 0.15) is 4.90 Å². The van der Waals surface area contributed by atoms with E-state index in [1.807, 2.05) is 0 Å². The standard InChI is InChI=1S/C10H8N2O4S/c11-12-8-5-4-6-7(10(8)13)2-1-3-9(6)17(14,15)16/h1-5,8,11H,(H,14,15,16). The average Bonchev–Trinajstić information content (AvgIpc) is 2.28. The van der Waals surface area contributed by atoms with Crippen molar-refractivity contribution in [2.45, 2.75) is 10.9 Å². The zero-order valence-electron chi connectivity index (χ0n) is 8.49. The second-order valence-electron chi connectivity index (χ2n) is 3.49. The van der Waals surface area contributed by atoms with E-state index in [2.05, 4.69) is 5.11 Å². The summed E-state index contributed by atoms with van der Waals surface area (Å²) in [6.07, 6.45) is 2.70. The molecule has 0 aliphatic heterocycles. The second-order valence-corrected chi connectivity index (χ2v) is 4.88. The normalized spacial score (nSPS) is 18.9. The van der Waals surface area contributed by atoms with Crippen LogP contribution in [0.25, 0.3) is 6.08 Å². The molecule has 0 saturated carbocycles. The van der Waals surface area contributed by atoms with Gasteiger partial charge in [-0.25, -0.2) is 5.53 Å². The third-order valence-electron chi connectivity index (χ3n) is 2.46. The van der Waals surface area contributed by atoms with E-state index in [1.165, 1.54) is 30.4 Å². The van der Waals surface area contributed by atoms with Crippen molar-refractivity contribution in [1.29, 1.82) is 5.53 Å². The molecular weight excluding hydrogens is 244 g/mol. The minimum atomic E-state index is -4.37. The second kappa shape index (κ2) is 3.86. The Morgan fingerprint density at radius 3 is 2.65 bits per heavy atom. The van der Waals surface area contributed by atoms with Gasteiger partial charge in [-0.3, -0.25) is 9.35 Å². The maximum Gasteiger partial charge on any atom is 0.295 e. The molecule has 17 heavy (non-hydrogen) atoms. The number of hydrogen-bond acceptors (Lipinski definition) is 5. The van der Waals surface area contributed by atoms with Crippen LogP contribution in [-0.4, -0.2) is 24.8 Å². The molecule has 2 rings (SSSR count). The number of benzene rings is 1. The monoisotopic (exact) mass is 252 g/mol. The first-order valence-corrected chi connectivity index (χ1v) is 6.08. The summed E-state index contributed by atoms with van der Waals surface area (Å²) in [4.78, 5) is 11.5. The number of rotatable bonds is 2. The highest BCUT2D eigenvalue weighted by molar-refractivity contribution is 7.86. The molecule has 1 aromatic rings. The van der Waals surface area contributed by atoms with Crippen molar-refractivity contribution in [3.63, 3.8) is 0 Å². The van der Waals surface area contributed by atoms with Crippen LogP contribution in [0.15, 0.2) is 34.3 Å². The van der Waals surface area contributed by atoms with E-state index >= 15 is 0 Å². The number of hydrogen-bond donors (Lipinski definition) is 2. The van der Waals surface area contributed by atoms with Gasteiger partial charge >= 0.3 is 0 Å². The molecular formula is C10H8N2O4S. The van der Waals surface area contributed by atoms with Crippen molar-refractivity contribution < 1.29 is 17.8 Å². The minimum Gasteiger partial charge on any atom is -0.291 e. The number of carbonyl (C=O) groups excluding carboxylic acids is 1. The summed E-state index contributed by atoms with van der Waals surface area (Å²) in [5, 5.41) is 3.12. The predicted octanol–water partition coefficient (Wildman–Crippen LogP) is 1.54. The molecule has 0 radical (unpaired) electrons. The van der Waals surface area contributed by atoms with Gasteiger partial charge < -0.3 is 0 Å². The maximum absolute atomic E-state index is 11.8. The zero-order valence-corrected chi connectivity index (χ0v) is 9.31. The Balaban J connectivity index is 2.71. The van der Waals surface area contributed by atoms with Crippen molar-refractivity contribution in [2.24, 2.45) is 5.11 Å². The van der Waals surface area contributed by atoms with Crippen LogP contribution in [0, 0.1) is 5.53 Å². The van der Waals surface area contributed by atoms with Gasteiger partial charge in [0.2, 0.25) is 0 Å². The van der Waals surface area contributed by atoms with E-state index in [-0.39, 0.29) is 16.0 Å². The van der Waals surface area contributed by atoms with E-state index in [0.717, 1.165) is 0 Å². The van der Waals surface area contributed by atoms with Crippen LogP contribution in [0.2, 0.25) is 0 Å². The zero-order chi connectivity index (χ0) is 12.6. The van der Waals surface area contributed by atoms with E-state index in [1.54, 1.807) is 0 Å². The van der Waals surface area contributed by atoms with Gasteiger partial charge in [0, 0.05) is 11.1 Å². The summed E-state index contributed by atoms with van der Waals surface area (Å²) in [5.41, 5.74) is 7.11. The highest BCUT2D eigenvalue weighted by Crippen LogP contribution is 2.27. The summed E-state index contributed by atoms with van der Waals surface area (Å²) in [6, 6.07) is 3.09. The van der Waals surface area contributed by atoms with Crippen molar-refractivity contribution in [2.75, 3.05) is 0 Å². The molecule has 1 atom stereocenters. The molecule has 1 aliphatic rings. The fraction of sp³-hybridized carbons (Fsp3) is 0.100. The lowest BCUT2D eigenvalue weighted by molar-refractivity contribution is 0.0974. The quantitative estimate of drug-likeness (QED) is 0.614. The topological polar surface area (TPSA) is 108 Å². The smallest absolute Gasteiger partial charge is 0.291 e. The van der Waals surface area contributed by atoms with E-state index < -0.39 is 21.9 Å². The van der Waals surface area contributed by atoms with Crippen molar-refractivity contribution >= 4 is 22.0 Å². The number of nitrogens with one attached hydrogen (secondary N) is 1. The van der Waals surface area contributed by atoms with Gasteiger partial charge in [-0.05, 0) is 12.1 Å². The minimum absolute atomic E-state index is 0.139. The number of nitrogens with zero attached hydrogens (tertiary/aromatic N) is 1. The molecule has 0 fully saturated rings. The molecule has 0 heterocycles. The van der Waals surface area contributed by atoms with Crippen LogP contribution in [0.1, 0.15) is 15.9 Å². The van der Waals surface area contributed by atoms with E-state index in [0.29, 0.717) is 0 Å². The summed E-state index contributed by atoms with van der Waals surface area (Å²) < 4.78 is 31.2. The van der Waals surface area contributed by atoms with Crippen molar-refractivity contribution in [1.82, 2.24) is 0 Å². The third-order valence-corrected chi connectivity index (χ3v) is 3.37.